The molecule has 1 aliphatic carbocycles. The molecule has 1 aliphatic heterocycles. The largest absolute Gasteiger partial charge is 0.274 e. The van der Waals surface area contributed by atoms with E-state index in [1.165, 1.54) is 12.1 Å². The quantitative estimate of drug-likeness (QED) is 0.370. The Morgan fingerprint density at radius 2 is 1.90 bits per heavy atom. The lowest BCUT2D eigenvalue weighted by atomic mass is 9.80. The first-order chi connectivity index (χ1) is 9.86. The van der Waals surface area contributed by atoms with Crippen LogP contribution in [0, 0.1) is 11.7 Å². The van der Waals surface area contributed by atoms with Gasteiger partial charge in [0.2, 0.25) is 5.91 Å². The van der Waals surface area contributed by atoms with Crippen molar-refractivity contribution in [2.24, 2.45) is 5.92 Å². The number of alkyl halides is 1. The van der Waals surface area contributed by atoms with E-state index in [1.807, 2.05) is 0 Å². The standard InChI is InChI=1S/C14H11Br2ClFNO2/c15-8-5-10(18)11(6-9(8)16)19-12(20)7-3-1-2-4-14(7,17)13(19)21/h5-7H,1-4H2. The first kappa shape index (κ1) is 15.4. The zero-order valence-corrected chi connectivity index (χ0v) is 14.8. The van der Waals surface area contributed by atoms with Crippen molar-refractivity contribution in [1.82, 2.24) is 0 Å². The summed E-state index contributed by atoms with van der Waals surface area (Å²) in [7, 11) is 0. The summed E-state index contributed by atoms with van der Waals surface area (Å²) in [6.07, 6.45) is 2.70. The number of fused-ring (bicyclic) bond motifs is 1. The van der Waals surface area contributed by atoms with Gasteiger partial charge in [0, 0.05) is 8.95 Å². The lowest BCUT2D eigenvalue weighted by molar-refractivity contribution is -0.122. The summed E-state index contributed by atoms with van der Waals surface area (Å²) >= 11 is 12.9. The van der Waals surface area contributed by atoms with Crippen LogP contribution in [-0.2, 0) is 9.59 Å². The van der Waals surface area contributed by atoms with Crippen molar-refractivity contribution in [2.45, 2.75) is 30.6 Å². The second kappa shape index (κ2) is 5.32. The molecule has 0 aromatic heterocycles. The fraction of sp³-hybridized carbons (Fsp3) is 0.429. The van der Waals surface area contributed by atoms with Crippen LogP contribution in [0.1, 0.15) is 25.7 Å². The maximum Gasteiger partial charge on any atom is 0.255 e. The number of anilines is 1. The molecule has 112 valence electrons. The van der Waals surface area contributed by atoms with E-state index in [0.717, 1.165) is 17.7 Å². The molecule has 1 aromatic rings. The van der Waals surface area contributed by atoms with Gasteiger partial charge in [0.25, 0.3) is 5.91 Å². The molecule has 0 spiro atoms. The summed E-state index contributed by atoms with van der Waals surface area (Å²) in [5.74, 6) is -2.09. The predicted octanol–water partition coefficient (Wildman–Crippen LogP) is 4.39. The van der Waals surface area contributed by atoms with Crippen molar-refractivity contribution in [3.05, 3.63) is 26.9 Å². The Balaban J connectivity index is 2.09. The van der Waals surface area contributed by atoms with Gasteiger partial charge in [-0.3, -0.25) is 9.59 Å². The molecule has 2 amide bonds. The summed E-state index contributed by atoms with van der Waals surface area (Å²) in [4.78, 5) is 24.8. The second-order valence-electron chi connectivity index (χ2n) is 5.36. The predicted molar refractivity (Wildman–Crippen MR) is 84.8 cm³/mol. The molecule has 2 fully saturated rings. The van der Waals surface area contributed by atoms with Gasteiger partial charge in [-0.2, -0.15) is 0 Å². The van der Waals surface area contributed by atoms with Gasteiger partial charge in [0.15, 0.2) is 0 Å². The number of benzene rings is 1. The monoisotopic (exact) mass is 437 g/mol. The summed E-state index contributed by atoms with van der Waals surface area (Å²) in [6.45, 7) is 0. The summed E-state index contributed by atoms with van der Waals surface area (Å²) in [6, 6.07) is 2.65. The van der Waals surface area contributed by atoms with Crippen LogP contribution in [0.3, 0.4) is 0 Å². The van der Waals surface area contributed by atoms with E-state index in [4.69, 9.17) is 11.6 Å². The van der Waals surface area contributed by atoms with E-state index in [0.29, 0.717) is 21.8 Å². The third-order valence-corrected chi connectivity index (χ3v) is 6.60. The molecule has 0 bridgehead atoms. The Morgan fingerprint density at radius 1 is 1.24 bits per heavy atom. The van der Waals surface area contributed by atoms with Crippen LogP contribution < -0.4 is 4.90 Å². The van der Waals surface area contributed by atoms with Gasteiger partial charge in [-0.1, -0.05) is 12.8 Å². The second-order valence-corrected chi connectivity index (χ2v) is 7.74. The van der Waals surface area contributed by atoms with Gasteiger partial charge in [-0.05, 0) is 56.8 Å². The lowest BCUT2D eigenvalue weighted by Crippen LogP contribution is -2.40. The Bertz CT molecular complexity index is 654. The van der Waals surface area contributed by atoms with E-state index in [-0.39, 0.29) is 5.69 Å². The molecule has 7 heteroatoms. The molecule has 1 aromatic carbocycles. The third-order valence-electron chi connectivity index (χ3n) is 4.14. The number of carbonyl (C=O) groups is 2. The van der Waals surface area contributed by atoms with E-state index in [2.05, 4.69) is 31.9 Å². The van der Waals surface area contributed by atoms with Gasteiger partial charge in [0.05, 0.1) is 11.6 Å². The van der Waals surface area contributed by atoms with Crippen LogP contribution in [0.5, 0.6) is 0 Å². The maximum atomic E-state index is 14.2. The zero-order valence-electron chi connectivity index (χ0n) is 10.8. The normalized spacial score (nSPS) is 29.0. The first-order valence-corrected chi connectivity index (χ1v) is 8.54. The van der Waals surface area contributed by atoms with E-state index in [9.17, 15) is 14.0 Å². The topological polar surface area (TPSA) is 37.4 Å². The average Bonchev–Trinajstić information content (AvgIpc) is 2.63. The molecule has 1 saturated heterocycles. The highest BCUT2D eigenvalue weighted by molar-refractivity contribution is 9.13. The molecule has 0 N–H and O–H groups in total. The Hall–Kier alpha value is -0.460. The van der Waals surface area contributed by atoms with Gasteiger partial charge < -0.3 is 0 Å². The fourth-order valence-electron chi connectivity index (χ4n) is 3.06. The van der Waals surface area contributed by atoms with E-state index >= 15 is 0 Å². The SMILES string of the molecule is O=C1C2CCCCC2(Cl)C(=O)N1c1cc(Br)c(Br)cc1F. The number of hydrogen-bond donors (Lipinski definition) is 0. The lowest BCUT2D eigenvalue weighted by Gasteiger charge is -2.28. The Morgan fingerprint density at radius 3 is 2.57 bits per heavy atom. The van der Waals surface area contributed by atoms with Gasteiger partial charge in [0.1, 0.15) is 10.7 Å². The molecular formula is C14H11Br2ClFNO2. The molecule has 0 radical (unpaired) electrons. The minimum Gasteiger partial charge on any atom is -0.274 e. The number of amides is 2. The third kappa shape index (κ3) is 2.26. The number of rotatable bonds is 1. The highest BCUT2D eigenvalue weighted by atomic mass is 79.9. The van der Waals surface area contributed by atoms with Gasteiger partial charge in [-0.15, -0.1) is 11.6 Å². The highest BCUT2D eigenvalue weighted by Gasteiger charge is 2.59. The smallest absolute Gasteiger partial charge is 0.255 e. The number of halogens is 4. The molecule has 2 aliphatic rings. The Kier molecular flexibility index (Phi) is 3.91. The number of carbonyl (C=O) groups excluding carboxylic acids is 2. The number of nitrogens with zero attached hydrogens (tertiary/aromatic N) is 1. The molecule has 1 saturated carbocycles. The molecule has 3 nitrogen and oxygen atoms in total. The van der Waals surface area contributed by atoms with Crippen LogP contribution >= 0.6 is 43.5 Å². The summed E-state index contributed by atoms with van der Waals surface area (Å²) < 4.78 is 15.3. The van der Waals surface area contributed by atoms with Crippen molar-refractivity contribution >= 4 is 61.0 Å². The van der Waals surface area contributed by atoms with Crippen LogP contribution in [0.25, 0.3) is 0 Å². The van der Waals surface area contributed by atoms with Crippen molar-refractivity contribution in [2.75, 3.05) is 4.90 Å². The molecule has 2 unspecified atom stereocenters. The van der Waals surface area contributed by atoms with Crippen LogP contribution in [0.4, 0.5) is 10.1 Å². The van der Waals surface area contributed by atoms with Crippen LogP contribution in [0.15, 0.2) is 21.1 Å². The summed E-state index contributed by atoms with van der Waals surface area (Å²) in [5, 5.41) is 0. The minimum absolute atomic E-state index is 0.0468. The molecule has 2 atom stereocenters. The Labute approximate surface area is 143 Å². The zero-order chi connectivity index (χ0) is 15.4. The fourth-order valence-corrected chi connectivity index (χ4v) is 4.13. The first-order valence-electron chi connectivity index (χ1n) is 6.58. The average molecular weight is 440 g/mol. The van der Waals surface area contributed by atoms with Gasteiger partial charge >= 0.3 is 0 Å². The van der Waals surface area contributed by atoms with Gasteiger partial charge in [-0.25, -0.2) is 9.29 Å². The van der Waals surface area contributed by atoms with Crippen LogP contribution in [-0.4, -0.2) is 16.7 Å². The van der Waals surface area contributed by atoms with Crippen LogP contribution in [0.2, 0.25) is 0 Å². The van der Waals surface area contributed by atoms with Crippen molar-refractivity contribution in [1.29, 1.82) is 0 Å². The number of hydrogen-bond acceptors (Lipinski definition) is 2. The van der Waals surface area contributed by atoms with E-state index in [1.54, 1.807) is 0 Å². The maximum absolute atomic E-state index is 14.2. The van der Waals surface area contributed by atoms with E-state index < -0.39 is 28.4 Å². The molecule has 1 heterocycles. The van der Waals surface area contributed by atoms with Crippen molar-refractivity contribution < 1.29 is 14.0 Å². The summed E-state index contributed by atoms with van der Waals surface area (Å²) in [5.41, 5.74) is -0.0468. The number of imide groups is 1. The minimum atomic E-state index is -1.21. The highest BCUT2D eigenvalue weighted by Crippen LogP contribution is 2.48. The molecule has 3 rings (SSSR count). The van der Waals surface area contributed by atoms with Crippen molar-refractivity contribution in [3.8, 4) is 0 Å². The molecular weight excluding hydrogens is 428 g/mol. The molecule has 21 heavy (non-hydrogen) atoms. The van der Waals surface area contributed by atoms with Crippen molar-refractivity contribution in [3.63, 3.8) is 0 Å².